The van der Waals surface area contributed by atoms with E-state index in [0.29, 0.717) is 43.3 Å². The van der Waals surface area contributed by atoms with Gasteiger partial charge in [0, 0.05) is 51.5 Å². The molecule has 1 aliphatic rings. The summed E-state index contributed by atoms with van der Waals surface area (Å²) in [6.45, 7) is 5.86. The van der Waals surface area contributed by atoms with Crippen molar-refractivity contribution in [1.82, 2.24) is 24.2 Å². The smallest absolute Gasteiger partial charge is 0.330 e. The van der Waals surface area contributed by atoms with Crippen molar-refractivity contribution in [2.75, 3.05) is 31.1 Å². The Hall–Kier alpha value is -3.62. The number of aromatic amines is 1. The zero-order valence-electron chi connectivity index (χ0n) is 18.9. The predicted molar refractivity (Wildman–Crippen MR) is 123 cm³/mol. The van der Waals surface area contributed by atoms with E-state index < -0.39 is 0 Å². The van der Waals surface area contributed by atoms with E-state index in [9.17, 15) is 14.4 Å². The Balaban J connectivity index is 1.47. The maximum absolute atomic E-state index is 13.0. The molecule has 168 valence electrons. The Kier molecular flexibility index (Phi) is 5.73. The summed E-state index contributed by atoms with van der Waals surface area (Å²) < 4.78 is 2.60. The normalized spacial score (nSPS) is 14.1. The first-order valence-electron chi connectivity index (χ1n) is 10.8. The molecule has 0 aliphatic carbocycles. The van der Waals surface area contributed by atoms with Crippen molar-refractivity contribution in [3.63, 3.8) is 0 Å². The van der Waals surface area contributed by atoms with Gasteiger partial charge in [-0.05, 0) is 25.0 Å². The van der Waals surface area contributed by atoms with Crippen LogP contribution in [0.5, 0.6) is 0 Å². The monoisotopic (exact) mass is 436 g/mol. The topological polar surface area (TPSA) is 96.2 Å². The number of hydrogen-bond donors (Lipinski definition) is 1. The Morgan fingerprint density at radius 3 is 2.31 bits per heavy atom. The second-order valence-corrected chi connectivity index (χ2v) is 8.14. The molecule has 32 heavy (non-hydrogen) atoms. The fraction of sp³-hybridized carbons (Fsp3) is 0.391. The molecule has 0 bridgehead atoms. The number of nitrogens with zero attached hydrogens (tertiary/aromatic N) is 5. The molecule has 4 rings (SSSR count). The zero-order chi connectivity index (χ0) is 23.0. The van der Waals surface area contributed by atoms with Gasteiger partial charge in [0.1, 0.15) is 11.4 Å². The first-order valence-corrected chi connectivity index (χ1v) is 10.8. The molecule has 1 saturated heterocycles. The number of benzene rings is 1. The number of H-pyrrole nitrogens is 1. The molecule has 0 saturated carbocycles. The van der Waals surface area contributed by atoms with Crippen molar-refractivity contribution in [3.8, 4) is 11.3 Å². The van der Waals surface area contributed by atoms with Crippen LogP contribution in [0.4, 0.5) is 5.69 Å². The quantitative estimate of drug-likeness (QED) is 0.665. The summed E-state index contributed by atoms with van der Waals surface area (Å²) >= 11 is 0. The Morgan fingerprint density at radius 1 is 1.03 bits per heavy atom. The van der Waals surface area contributed by atoms with Gasteiger partial charge in [-0.2, -0.15) is 5.10 Å². The highest BCUT2D eigenvalue weighted by Gasteiger charge is 2.27. The van der Waals surface area contributed by atoms with Gasteiger partial charge in [0.25, 0.3) is 11.5 Å². The summed E-state index contributed by atoms with van der Waals surface area (Å²) in [4.78, 5) is 41.5. The largest absolute Gasteiger partial charge is 0.362 e. The van der Waals surface area contributed by atoms with E-state index in [4.69, 9.17) is 0 Å². The maximum Gasteiger partial charge on any atom is 0.330 e. The van der Waals surface area contributed by atoms with Crippen LogP contribution < -0.4 is 16.1 Å². The number of amides is 1. The van der Waals surface area contributed by atoms with E-state index in [1.54, 1.807) is 24.9 Å². The molecule has 3 aromatic rings. The Morgan fingerprint density at radius 2 is 1.69 bits per heavy atom. The number of rotatable bonds is 4. The number of aryl methyl sites for hydroxylation is 1. The van der Waals surface area contributed by atoms with Crippen LogP contribution in [0.3, 0.4) is 0 Å². The van der Waals surface area contributed by atoms with E-state index in [1.165, 1.54) is 17.2 Å². The maximum atomic E-state index is 13.0. The van der Waals surface area contributed by atoms with Crippen molar-refractivity contribution in [3.05, 3.63) is 68.1 Å². The second kappa shape index (κ2) is 8.49. The zero-order valence-corrected chi connectivity index (χ0v) is 18.9. The van der Waals surface area contributed by atoms with E-state index in [2.05, 4.69) is 29.3 Å². The number of carbonyl (C=O) groups is 1. The summed E-state index contributed by atoms with van der Waals surface area (Å²) in [5.41, 5.74) is 3.89. The number of piperazine rings is 1. The first-order chi connectivity index (χ1) is 15.3. The summed E-state index contributed by atoms with van der Waals surface area (Å²) in [5, 5.41) is 7.18. The number of anilines is 1. The molecule has 0 atom stereocenters. The molecule has 3 heterocycles. The van der Waals surface area contributed by atoms with E-state index in [-0.39, 0.29) is 17.2 Å². The lowest BCUT2D eigenvalue weighted by atomic mass is 10.1. The van der Waals surface area contributed by atoms with Crippen LogP contribution in [0, 0.1) is 6.92 Å². The average molecular weight is 437 g/mol. The lowest BCUT2D eigenvalue weighted by molar-refractivity contribution is 0.0740. The highest BCUT2D eigenvalue weighted by atomic mass is 16.2. The number of aromatic nitrogens is 4. The van der Waals surface area contributed by atoms with E-state index in [1.807, 2.05) is 17.0 Å². The molecule has 1 amide bonds. The fourth-order valence-electron chi connectivity index (χ4n) is 4.09. The molecule has 1 N–H and O–H groups in total. The third-order valence-electron chi connectivity index (χ3n) is 6.28. The molecule has 9 nitrogen and oxygen atoms in total. The molecule has 1 aromatic carbocycles. The van der Waals surface area contributed by atoms with Crippen LogP contribution in [0.25, 0.3) is 11.3 Å². The van der Waals surface area contributed by atoms with Gasteiger partial charge >= 0.3 is 5.69 Å². The Labute approximate surface area is 185 Å². The third kappa shape index (κ3) is 3.74. The number of hydrogen-bond acceptors (Lipinski definition) is 5. The molecular weight excluding hydrogens is 408 g/mol. The summed E-state index contributed by atoms with van der Waals surface area (Å²) in [7, 11) is 3.14. The van der Waals surface area contributed by atoms with Crippen LogP contribution >= 0.6 is 0 Å². The van der Waals surface area contributed by atoms with Gasteiger partial charge in [-0.15, -0.1) is 0 Å². The van der Waals surface area contributed by atoms with Gasteiger partial charge in [-0.25, -0.2) is 4.79 Å². The predicted octanol–water partition coefficient (Wildman–Crippen LogP) is 1.31. The molecule has 0 unspecified atom stereocenters. The highest BCUT2D eigenvalue weighted by Crippen LogP contribution is 2.20. The number of carbonyl (C=O) groups excluding carboxylic acids is 1. The van der Waals surface area contributed by atoms with Crippen molar-refractivity contribution in [1.29, 1.82) is 0 Å². The second-order valence-electron chi connectivity index (χ2n) is 8.14. The van der Waals surface area contributed by atoms with Crippen LogP contribution in [0.2, 0.25) is 0 Å². The first kappa shape index (κ1) is 21.6. The SMILES string of the molecule is CCc1ccc(-c2cc(C(=O)N3CCN(c4c(C)n(C)c(=O)n(C)c4=O)CC3)[nH]n2)cc1. The minimum absolute atomic E-state index is 0.112. The Bertz CT molecular complexity index is 1260. The summed E-state index contributed by atoms with van der Waals surface area (Å²) in [6.07, 6.45) is 0.974. The summed E-state index contributed by atoms with van der Waals surface area (Å²) in [6, 6.07) is 9.94. The van der Waals surface area contributed by atoms with Crippen LogP contribution in [-0.2, 0) is 20.5 Å². The molecule has 1 aliphatic heterocycles. The highest BCUT2D eigenvalue weighted by molar-refractivity contribution is 5.93. The minimum atomic E-state index is -0.343. The van der Waals surface area contributed by atoms with Crippen LogP contribution in [0.1, 0.15) is 28.7 Å². The van der Waals surface area contributed by atoms with Crippen molar-refractivity contribution in [2.45, 2.75) is 20.3 Å². The fourth-order valence-corrected chi connectivity index (χ4v) is 4.09. The summed E-state index contributed by atoms with van der Waals surface area (Å²) in [5.74, 6) is -0.112. The van der Waals surface area contributed by atoms with Gasteiger partial charge in [0.2, 0.25) is 0 Å². The van der Waals surface area contributed by atoms with E-state index >= 15 is 0 Å². The van der Waals surface area contributed by atoms with Gasteiger partial charge in [0.15, 0.2) is 0 Å². The van der Waals surface area contributed by atoms with Gasteiger partial charge < -0.3 is 9.80 Å². The van der Waals surface area contributed by atoms with Crippen LogP contribution in [-0.4, -0.2) is 56.3 Å². The molecule has 0 spiro atoms. The van der Waals surface area contributed by atoms with Gasteiger partial charge in [0.05, 0.1) is 5.69 Å². The molecular formula is C23H28N6O3. The lowest BCUT2D eigenvalue weighted by Gasteiger charge is -2.36. The van der Waals surface area contributed by atoms with Crippen LogP contribution in [0.15, 0.2) is 39.9 Å². The molecule has 9 heteroatoms. The third-order valence-corrected chi connectivity index (χ3v) is 6.28. The molecule has 2 aromatic heterocycles. The van der Waals surface area contributed by atoms with Gasteiger partial charge in [-0.1, -0.05) is 31.2 Å². The van der Waals surface area contributed by atoms with Crippen molar-refractivity contribution < 1.29 is 4.79 Å². The standard InChI is InChI=1S/C23H28N6O3/c1-5-16-6-8-17(9-7-16)18-14-19(25-24-18)21(30)29-12-10-28(11-13-29)20-15(2)26(3)23(32)27(4)22(20)31/h6-9,14H,5,10-13H2,1-4H3,(H,24,25). The van der Waals surface area contributed by atoms with E-state index in [0.717, 1.165) is 22.2 Å². The minimum Gasteiger partial charge on any atom is -0.362 e. The molecule has 1 fully saturated rings. The molecule has 0 radical (unpaired) electrons. The van der Waals surface area contributed by atoms with Crippen molar-refractivity contribution >= 4 is 11.6 Å². The van der Waals surface area contributed by atoms with Gasteiger partial charge in [-0.3, -0.25) is 23.8 Å². The van der Waals surface area contributed by atoms with Crippen molar-refractivity contribution in [2.24, 2.45) is 14.1 Å². The average Bonchev–Trinajstić information content (AvgIpc) is 3.32. The number of nitrogens with one attached hydrogen (secondary N) is 1. The lowest BCUT2D eigenvalue weighted by Crippen LogP contribution is -2.52.